The van der Waals surface area contributed by atoms with Gasteiger partial charge in [-0.1, -0.05) is 49.7 Å². The highest BCUT2D eigenvalue weighted by molar-refractivity contribution is 9.10. The first kappa shape index (κ1) is 17.4. The van der Waals surface area contributed by atoms with Crippen LogP contribution in [0.1, 0.15) is 73.1 Å². The van der Waals surface area contributed by atoms with Gasteiger partial charge < -0.3 is 0 Å². The van der Waals surface area contributed by atoms with Crippen LogP contribution in [0.25, 0.3) is 0 Å². The van der Waals surface area contributed by atoms with E-state index in [-0.39, 0.29) is 16.6 Å². The zero-order valence-corrected chi connectivity index (χ0v) is 16.8. The molecule has 0 radical (unpaired) electrons. The molecule has 24 heavy (non-hydrogen) atoms. The molecule has 0 N–H and O–H groups in total. The largest absolute Gasteiger partial charge is 0.289 e. The third-order valence-corrected chi connectivity index (χ3v) is 6.08. The molecule has 0 heterocycles. The second kappa shape index (κ2) is 5.84. The Kier molecular flexibility index (Phi) is 4.24. The number of carbonyl (C=O) groups excluding carboxylic acids is 1. The van der Waals surface area contributed by atoms with Crippen LogP contribution in [0.15, 0.2) is 40.9 Å². The van der Waals surface area contributed by atoms with E-state index in [1.165, 1.54) is 17.5 Å². The van der Waals surface area contributed by atoms with E-state index >= 15 is 0 Å². The van der Waals surface area contributed by atoms with E-state index < -0.39 is 0 Å². The zero-order chi connectivity index (χ0) is 17.7. The molecular formula is C22H25BrO. The Bertz CT molecular complexity index is 797. The predicted octanol–water partition coefficient (Wildman–Crippen LogP) is 6.34. The van der Waals surface area contributed by atoms with Crippen molar-refractivity contribution in [3.8, 4) is 0 Å². The molecule has 1 aliphatic rings. The first-order valence-corrected chi connectivity index (χ1v) is 9.37. The maximum Gasteiger partial charge on any atom is 0.193 e. The molecule has 1 nitrogen and oxygen atoms in total. The van der Waals surface area contributed by atoms with Gasteiger partial charge in [-0.3, -0.25) is 4.79 Å². The van der Waals surface area contributed by atoms with Crippen molar-refractivity contribution in [1.29, 1.82) is 0 Å². The molecule has 0 saturated carbocycles. The lowest BCUT2D eigenvalue weighted by Gasteiger charge is -2.42. The Balaban J connectivity index is 2.14. The van der Waals surface area contributed by atoms with Crippen LogP contribution in [0.3, 0.4) is 0 Å². The molecule has 3 rings (SSSR count). The summed E-state index contributed by atoms with van der Waals surface area (Å²) in [6.45, 7) is 11.3. The zero-order valence-electron chi connectivity index (χ0n) is 15.2. The van der Waals surface area contributed by atoms with Gasteiger partial charge in [0, 0.05) is 15.6 Å². The Morgan fingerprint density at radius 3 is 1.96 bits per heavy atom. The summed E-state index contributed by atoms with van der Waals surface area (Å²) in [5, 5.41) is 0. The topological polar surface area (TPSA) is 17.1 Å². The fraction of sp³-hybridized carbons (Fsp3) is 0.409. The van der Waals surface area contributed by atoms with Crippen molar-refractivity contribution in [3.63, 3.8) is 0 Å². The van der Waals surface area contributed by atoms with Gasteiger partial charge >= 0.3 is 0 Å². The van der Waals surface area contributed by atoms with Crippen molar-refractivity contribution in [3.05, 3.63) is 68.7 Å². The molecule has 2 aromatic rings. The lowest BCUT2D eigenvalue weighted by atomic mass is 9.62. The molecule has 0 atom stereocenters. The molecule has 0 spiro atoms. The van der Waals surface area contributed by atoms with Crippen LogP contribution in [-0.2, 0) is 10.8 Å². The number of benzene rings is 2. The number of halogens is 1. The number of carbonyl (C=O) groups is 1. The van der Waals surface area contributed by atoms with Crippen LogP contribution in [-0.4, -0.2) is 5.78 Å². The maximum atomic E-state index is 13.0. The van der Waals surface area contributed by atoms with Gasteiger partial charge in [-0.2, -0.15) is 0 Å². The lowest BCUT2D eigenvalue weighted by molar-refractivity contribution is 0.103. The number of hydrogen-bond acceptors (Lipinski definition) is 1. The highest BCUT2D eigenvalue weighted by Gasteiger charge is 2.37. The van der Waals surface area contributed by atoms with Crippen LogP contribution in [0.5, 0.6) is 0 Å². The van der Waals surface area contributed by atoms with E-state index in [0.29, 0.717) is 0 Å². The fourth-order valence-corrected chi connectivity index (χ4v) is 3.99. The van der Waals surface area contributed by atoms with Gasteiger partial charge in [-0.25, -0.2) is 0 Å². The fourth-order valence-electron chi connectivity index (χ4n) is 3.72. The van der Waals surface area contributed by atoms with Gasteiger partial charge in [0.25, 0.3) is 0 Å². The molecule has 0 unspecified atom stereocenters. The standard InChI is InChI=1S/C22H25BrO/c1-14-12-18-19(22(4,5)11-10-21(18,2)3)13-17(14)20(24)15-6-8-16(23)9-7-15/h6-9,12-13H,10-11H2,1-5H3. The summed E-state index contributed by atoms with van der Waals surface area (Å²) < 4.78 is 0.990. The summed E-state index contributed by atoms with van der Waals surface area (Å²) in [6, 6.07) is 12.0. The Hall–Kier alpha value is -1.41. The van der Waals surface area contributed by atoms with Crippen molar-refractivity contribution in [2.24, 2.45) is 0 Å². The quantitative estimate of drug-likeness (QED) is 0.552. The van der Waals surface area contributed by atoms with Crippen molar-refractivity contribution in [1.82, 2.24) is 0 Å². The van der Waals surface area contributed by atoms with E-state index in [4.69, 9.17) is 0 Å². The van der Waals surface area contributed by atoms with Gasteiger partial charge in [0.15, 0.2) is 5.78 Å². The van der Waals surface area contributed by atoms with Gasteiger partial charge in [-0.15, -0.1) is 0 Å². The van der Waals surface area contributed by atoms with Gasteiger partial charge in [-0.05, 0) is 77.6 Å². The van der Waals surface area contributed by atoms with Crippen LogP contribution in [0.4, 0.5) is 0 Å². The molecule has 126 valence electrons. The molecule has 2 heteroatoms. The highest BCUT2D eigenvalue weighted by Crippen LogP contribution is 2.46. The smallest absolute Gasteiger partial charge is 0.193 e. The second-order valence-electron chi connectivity index (χ2n) is 8.32. The van der Waals surface area contributed by atoms with Crippen LogP contribution in [0, 0.1) is 6.92 Å². The van der Waals surface area contributed by atoms with Crippen LogP contribution in [0.2, 0.25) is 0 Å². The number of hydrogen-bond donors (Lipinski definition) is 0. The average molecular weight is 385 g/mol. The monoisotopic (exact) mass is 384 g/mol. The first-order chi connectivity index (χ1) is 11.1. The number of ketones is 1. The molecule has 2 aromatic carbocycles. The van der Waals surface area contributed by atoms with E-state index in [1.807, 2.05) is 24.3 Å². The molecule has 0 saturated heterocycles. The lowest BCUT2D eigenvalue weighted by Crippen LogP contribution is -2.34. The van der Waals surface area contributed by atoms with Gasteiger partial charge in [0.2, 0.25) is 0 Å². The van der Waals surface area contributed by atoms with Gasteiger partial charge in [0.1, 0.15) is 0 Å². The Labute approximate surface area is 153 Å². The average Bonchev–Trinajstić information content (AvgIpc) is 2.52. The van der Waals surface area contributed by atoms with Crippen molar-refractivity contribution in [2.45, 2.75) is 58.3 Å². The second-order valence-corrected chi connectivity index (χ2v) is 9.23. The van der Waals surface area contributed by atoms with Gasteiger partial charge in [0.05, 0.1) is 0 Å². The van der Waals surface area contributed by atoms with Crippen molar-refractivity contribution >= 4 is 21.7 Å². The number of rotatable bonds is 2. The Morgan fingerprint density at radius 1 is 0.917 bits per heavy atom. The molecule has 1 aliphatic carbocycles. The van der Waals surface area contributed by atoms with Crippen LogP contribution < -0.4 is 0 Å². The maximum absolute atomic E-state index is 13.0. The van der Waals surface area contributed by atoms with E-state index in [1.54, 1.807) is 0 Å². The minimum atomic E-state index is 0.113. The van der Waals surface area contributed by atoms with Crippen LogP contribution >= 0.6 is 15.9 Å². The number of aryl methyl sites for hydroxylation is 1. The summed E-state index contributed by atoms with van der Waals surface area (Å²) in [5.41, 5.74) is 5.69. The minimum Gasteiger partial charge on any atom is -0.289 e. The third kappa shape index (κ3) is 2.97. The SMILES string of the molecule is Cc1cc2c(cc1C(=O)c1ccc(Br)cc1)C(C)(C)CCC2(C)C. The molecule has 0 bridgehead atoms. The predicted molar refractivity (Wildman–Crippen MR) is 104 cm³/mol. The molecular weight excluding hydrogens is 360 g/mol. The molecule has 0 aliphatic heterocycles. The highest BCUT2D eigenvalue weighted by atomic mass is 79.9. The van der Waals surface area contributed by atoms with E-state index in [2.05, 4.69) is 62.7 Å². The summed E-state index contributed by atoms with van der Waals surface area (Å²) in [4.78, 5) is 13.0. The van der Waals surface area contributed by atoms with Crippen molar-refractivity contribution < 1.29 is 4.79 Å². The van der Waals surface area contributed by atoms with E-state index in [0.717, 1.165) is 27.6 Å². The summed E-state index contributed by atoms with van der Waals surface area (Å²) >= 11 is 3.43. The van der Waals surface area contributed by atoms with Crippen molar-refractivity contribution in [2.75, 3.05) is 0 Å². The Morgan fingerprint density at radius 2 is 1.42 bits per heavy atom. The summed E-state index contributed by atoms with van der Waals surface area (Å²) in [7, 11) is 0. The molecule has 0 fully saturated rings. The van der Waals surface area contributed by atoms with E-state index in [9.17, 15) is 4.79 Å². The number of fused-ring (bicyclic) bond motifs is 1. The first-order valence-electron chi connectivity index (χ1n) is 8.58. The summed E-state index contributed by atoms with van der Waals surface area (Å²) in [6.07, 6.45) is 2.34. The third-order valence-electron chi connectivity index (χ3n) is 5.55. The minimum absolute atomic E-state index is 0.113. The molecule has 0 amide bonds. The normalized spacial score (nSPS) is 18.1. The summed E-state index contributed by atoms with van der Waals surface area (Å²) in [5.74, 6) is 0.113. The molecule has 0 aromatic heterocycles.